The van der Waals surface area contributed by atoms with Crippen LogP contribution in [0.5, 0.6) is 0 Å². The molecule has 0 amide bonds. The van der Waals surface area contributed by atoms with E-state index in [0.29, 0.717) is 12.5 Å². The number of anilines is 1. The molecule has 0 aromatic carbocycles. The fourth-order valence-corrected chi connectivity index (χ4v) is 2.77. The van der Waals surface area contributed by atoms with Crippen LogP contribution in [-0.2, 0) is 0 Å². The highest BCUT2D eigenvalue weighted by Crippen LogP contribution is 2.30. The van der Waals surface area contributed by atoms with Crippen molar-refractivity contribution in [2.45, 2.75) is 0 Å². The molecule has 90 valence electrons. The van der Waals surface area contributed by atoms with Crippen LogP contribution in [-0.4, -0.2) is 30.1 Å². The van der Waals surface area contributed by atoms with Gasteiger partial charge in [0.2, 0.25) is 5.95 Å². The zero-order chi connectivity index (χ0) is 12.3. The maximum absolute atomic E-state index is 5.49. The largest absolute Gasteiger partial charge is 0.343 e. The average Bonchev–Trinajstić information content (AvgIpc) is 2.76. The zero-order valence-corrected chi connectivity index (χ0v) is 11.8. The molecule has 0 atom stereocenters. The van der Waals surface area contributed by atoms with Crippen LogP contribution < -0.4 is 10.6 Å². The number of halogens is 1. The van der Waals surface area contributed by atoms with Gasteiger partial charge in [-0.1, -0.05) is 0 Å². The lowest BCUT2D eigenvalue weighted by Gasteiger charge is -2.15. The standard InChI is InChI=1S/C11H13BrN4S/c1-16(5-4-13)11-14-6-8(7-15-11)9-2-3-10(12)17-9/h2-3,6-7H,4-5,13H2,1H3. The molecule has 0 aliphatic carbocycles. The third kappa shape index (κ3) is 3.02. The van der Waals surface area contributed by atoms with Crippen molar-refractivity contribution in [1.82, 2.24) is 9.97 Å². The van der Waals surface area contributed by atoms with Crippen LogP contribution in [0.2, 0.25) is 0 Å². The molecule has 0 radical (unpaired) electrons. The van der Waals surface area contributed by atoms with E-state index >= 15 is 0 Å². The zero-order valence-electron chi connectivity index (χ0n) is 9.43. The molecule has 4 nitrogen and oxygen atoms in total. The van der Waals surface area contributed by atoms with E-state index in [0.717, 1.165) is 20.8 Å². The van der Waals surface area contributed by atoms with Crippen molar-refractivity contribution in [3.05, 3.63) is 28.3 Å². The number of hydrogen-bond donors (Lipinski definition) is 1. The number of aromatic nitrogens is 2. The topological polar surface area (TPSA) is 55.0 Å². The molecule has 0 saturated carbocycles. The summed E-state index contributed by atoms with van der Waals surface area (Å²) >= 11 is 5.11. The molecule has 2 heterocycles. The van der Waals surface area contributed by atoms with Crippen LogP contribution in [0.1, 0.15) is 0 Å². The van der Waals surface area contributed by atoms with Gasteiger partial charge in [-0.25, -0.2) is 9.97 Å². The second-order valence-corrected chi connectivity index (χ2v) is 6.05. The summed E-state index contributed by atoms with van der Waals surface area (Å²) < 4.78 is 1.11. The molecule has 0 fully saturated rings. The molecule has 0 saturated heterocycles. The third-order valence-corrected chi connectivity index (χ3v) is 3.97. The van der Waals surface area contributed by atoms with Gasteiger partial charge >= 0.3 is 0 Å². The molecular formula is C11H13BrN4S. The number of nitrogens with zero attached hydrogens (tertiary/aromatic N) is 3. The van der Waals surface area contributed by atoms with Crippen molar-refractivity contribution < 1.29 is 0 Å². The summed E-state index contributed by atoms with van der Waals surface area (Å²) in [4.78, 5) is 11.8. The number of rotatable bonds is 4. The Morgan fingerprint density at radius 3 is 2.59 bits per heavy atom. The van der Waals surface area contributed by atoms with Crippen LogP contribution in [0.25, 0.3) is 10.4 Å². The normalized spacial score (nSPS) is 10.5. The first-order valence-corrected chi connectivity index (χ1v) is 6.80. The third-order valence-electron chi connectivity index (χ3n) is 2.30. The van der Waals surface area contributed by atoms with Gasteiger partial charge in [-0.15, -0.1) is 11.3 Å². The van der Waals surface area contributed by atoms with Gasteiger partial charge in [0.05, 0.1) is 3.79 Å². The van der Waals surface area contributed by atoms with Gasteiger partial charge in [0, 0.05) is 43.0 Å². The maximum atomic E-state index is 5.49. The van der Waals surface area contributed by atoms with Gasteiger partial charge in [0.15, 0.2) is 0 Å². The van der Waals surface area contributed by atoms with Crippen molar-refractivity contribution in [1.29, 1.82) is 0 Å². The van der Waals surface area contributed by atoms with E-state index in [4.69, 9.17) is 5.73 Å². The highest BCUT2D eigenvalue weighted by atomic mass is 79.9. The molecule has 0 aliphatic rings. The Hall–Kier alpha value is -0.980. The first-order valence-electron chi connectivity index (χ1n) is 5.19. The van der Waals surface area contributed by atoms with E-state index < -0.39 is 0 Å². The van der Waals surface area contributed by atoms with Crippen LogP contribution in [0.3, 0.4) is 0 Å². The highest BCUT2D eigenvalue weighted by Gasteiger charge is 2.05. The molecule has 0 unspecified atom stereocenters. The second kappa shape index (κ2) is 5.57. The number of likely N-dealkylation sites (N-methyl/N-ethyl adjacent to an activating group) is 1. The Labute approximate surface area is 113 Å². The van der Waals surface area contributed by atoms with Gasteiger partial charge in [0.1, 0.15) is 0 Å². The lowest BCUT2D eigenvalue weighted by Crippen LogP contribution is -2.26. The summed E-state index contributed by atoms with van der Waals surface area (Å²) in [5.74, 6) is 0.704. The SMILES string of the molecule is CN(CCN)c1ncc(-c2ccc(Br)s2)cn1. The minimum atomic E-state index is 0.597. The fraction of sp³-hybridized carbons (Fsp3) is 0.273. The molecule has 0 bridgehead atoms. The van der Waals surface area contributed by atoms with E-state index in [2.05, 4.69) is 32.0 Å². The monoisotopic (exact) mass is 312 g/mol. The first-order chi connectivity index (χ1) is 8.20. The molecule has 0 spiro atoms. The van der Waals surface area contributed by atoms with Crippen molar-refractivity contribution in [3.63, 3.8) is 0 Å². The summed E-state index contributed by atoms with van der Waals surface area (Å²) in [5.41, 5.74) is 6.52. The van der Waals surface area contributed by atoms with Crippen LogP contribution in [0, 0.1) is 0 Å². The van der Waals surface area contributed by atoms with Crippen molar-refractivity contribution >= 4 is 33.2 Å². The molecule has 17 heavy (non-hydrogen) atoms. The Morgan fingerprint density at radius 2 is 2.06 bits per heavy atom. The summed E-state index contributed by atoms with van der Waals surface area (Å²) in [6, 6.07) is 4.07. The lowest BCUT2D eigenvalue weighted by molar-refractivity contribution is 0.846. The maximum Gasteiger partial charge on any atom is 0.225 e. The predicted octanol–water partition coefficient (Wildman–Crippen LogP) is 2.36. The molecule has 2 rings (SSSR count). The molecule has 2 aromatic rings. The quantitative estimate of drug-likeness (QED) is 0.941. The molecular weight excluding hydrogens is 300 g/mol. The Kier molecular flexibility index (Phi) is 4.09. The Balaban J connectivity index is 2.18. The molecule has 0 aliphatic heterocycles. The number of nitrogens with two attached hydrogens (primary N) is 1. The van der Waals surface area contributed by atoms with Gasteiger partial charge in [-0.2, -0.15) is 0 Å². The Morgan fingerprint density at radius 1 is 1.35 bits per heavy atom. The molecule has 2 aromatic heterocycles. The molecule has 2 N–H and O–H groups in total. The van der Waals surface area contributed by atoms with E-state index in [1.54, 1.807) is 11.3 Å². The lowest BCUT2D eigenvalue weighted by atomic mass is 10.3. The average molecular weight is 313 g/mol. The Bertz CT molecular complexity index is 482. The van der Waals surface area contributed by atoms with Crippen molar-refractivity contribution in [2.24, 2.45) is 5.73 Å². The predicted molar refractivity (Wildman–Crippen MR) is 75.4 cm³/mol. The van der Waals surface area contributed by atoms with E-state index in [1.165, 1.54) is 0 Å². The van der Waals surface area contributed by atoms with Gasteiger partial charge in [-0.05, 0) is 28.1 Å². The van der Waals surface area contributed by atoms with Crippen LogP contribution >= 0.6 is 27.3 Å². The summed E-state index contributed by atoms with van der Waals surface area (Å²) in [6.45, 7) is 1.35. The summed E-state index contributed by atoms with van der Waals surface area (Å²) in [5, 5.41) is 0. The molecule has 6 heteroatoms. The second-order valence-electron chi connectivity index (χ2n) is 3.59. The van der Waals surface area contributed by atoms with Gasteiger partial charge in [-0.3, -0.25) is 0 Å². The summed E-state index contributed by atoms with van der Waals surface area (Å²) in [7, 11) is 1.93. The minimum absolute atomic E-state index is 0.597. The fourth-order valence-electron chi connectivity index (χ4n) is 1.41. The van der Waals surface area contributed by atoms with Crippen LogP contribution in [0.4, 0.5) is 5.95 Å². The highest BCUT2D eigenvalue weighted by molar-refractivity contribution is 9.11. The minimum Gasteiger partial charge on any atom is -0.343 e. The van der Waals surface area contributed by atoms with E-state index in [9.17, 15) is 0 Å². The number of thiophene rings is 1. The van der Waals surface area contributed by atoms with E-state index in [1.807, 2.05) is 30.4 Å². The van der Waals surface area contributed by atoms with Crippen molar-refractivity contribution in [2.75, 3.05) is 25.0 Å². The smallest absolute Gasteiger partial charge is 0.225 e. The van der Waals surface area contributed by atoms with Gasteiger partial charge in [0.25, 0.3) is 0 Å². The van der Waals surface area contributed by atoms with E-state index in [-0.39, 0.29) is 0 Å². The van der Waals surface area contributed by atoms with Crippen molar-refractivity contribution in [3.8, 4) is 10.4 Å². The van der Waals surface area contributed by atoms with Gasteiger partial charge < -0.3 is 10.6 Å². The summed E-state index contributed by atoms with van der Waals surface area (Å²) in [6.07, 6.45) is 3.68. The number of hydrogen-bond acceptors (Lipinski definition) is 5. The van der Waals surface area contributed by atoms with Crippen LogP contribution in [0.15, 0.2) is 28.3 Å². The first kappa shape index (κ1) is 12.5.